The smallest absolute Gasteiger partial charge is 0.221 e. The van der Waals surface area contributed by atoms with Gasteiger partial charge in [-0.15, -0.1) is 36.2 Å². The highest BCUT2D eigenvalue weighted by molar-refractivity contribution is 7.09. The molecule has 2 aromatic rings. The lowest BCUT2D eigenvalue weighted by molar-refractivity contribution is -0.122. The Morgan fingerprint density at radius 3 is 2.88 bits per heavy atom. The van der Waals surface area contributed by atoms with Gasteiger partial charge in [-0.25, -0.2) is 4.98 Å². The molecule has 0 aliphatic carbocycles. The largest absolute Gasteiger partial charge is 0.378 e. The van der Waals surface area contributed by atoms with Crippen LogP contribution in [0.15, 0.2) is 29.9 Å². The van der Waals surface area contributed by atoms with Crippen LogP contribution in [0, 0.1) is 0 Å². The van der Waals surface area contributed by atoms with Crippen LogP contribution in [-0.4, -0.2) is 48.2 Å². The maximum absolute atomic E-state index is 11.9. The molecule has 9 heteroatoms. The van der Waals surface area contributed by atoms with E-state index in [1.807, 2.05) is 17.5 Å². The van der Waals surface area contributed by atoms with Gasteiger partial charge in [0.2, 0.25) is 5.91 Å². The summed E-state index contributed by atoms with van der Waals surface area (Å²) in [5.41, 5.74) is 2.03. The molecule has 0 spiro atoms. The molecule has 1 aliphatic heterocycles. The second kappa shape index (κ2) is 11.4. The van der Waals surface area contributed by atoms with Gasteiger partial charge in [0.15, 0.2) is 0 Å². The quantitative estimate of drug-likeness (QED) is 0.770. The molecule has 6 nitrogen and oxygen atoms in total. The van der Waals surface area contributed by atoms with Crippen molar-refractivity contribution in [2.75, 3.05) is 26.3 Å². The fourth-order valence-electron chi connectivity index (χ4n) is 2.44. The third kappa shape index (κ3) is 6.87. The first-order valence-electron chi connectivity index (χ1n) is 7.74. The van der Waals surface area contributed by atoms with Gasteiger partial charge in [0.25, 0.3) is 0 Å². The van der Waals surface area contributed by atoms with E-state index in [1.54, 1.807) is 23.7 Å². The summed E-state index contributed by atoms with van der Waals surface area (Å²) < 4.78 is 5.35. The monoisotopic (exact) mass is 404 g/mol. The summed E-state index contributed by atoms with van der Waals surface area (Å²) in [6.45, 7) is 2.75. The molecule has 138 valence electrons. The zero-order valence-electron chi connectivity index (χ0n) is 13.6. The Bertz CT molecular complexity index is 636. The van der Waals surface area contributed by atoms with Crippen LogP contribution in [0.2, 0.25) is 0 Å². The van der Waals surface area contributed by atoms with Gasteiger partial charge in [-0.2, -0.15) is 0 Å². The standard InChI is InChI=1S/C16H20N4O2S.2ClH/c21-15(9-13-10-22-8-7-18-13)19-6-3-16-20-14(11-23-16)12-1-4-17-5-2-12;;/h1-2,4-5,11,13,18H,3,6-10H2,(H,19,21);2*1H. The van der Waals surface area contributed by atoms with Gasteiger partial charge in [-0.1, -0.05) is 0 Å². The summed E-state index contributed by atoms with van der Waals surface area (Å²) in [5, 5.41) is 9.29. The van der Waals surface area contributed by atoms with E-state index in [0.29, 0.717) is 19.6 Å². The van der Waals surface area contributed by atoms with Crippen LogP contribution in [0.5, 0.6) is 0 Å². The van der Waals surface area contributed by atoms with E-state index < -0.39 is 0 Å². The van der Waals surface area contributed by atoms with Gasteiger partial charge in [-0.05, 0) is 12.1 Å². The van der Waals surface area contributed by atoms with Crippen LogP contribution in [-0.2, 0) is 16.0 Å². The summed E-state index contributed by atoms with van der Waals surface area (Å²) in [6, 6.07) is 4.02. The number of morpholine rings is 1. The number of hydrogen-bond donors (Lipinski definition) is 2. The summed E-state index contributed by atoms with van der Waals surface area (Å²) in [5.74, 6) is 0.0545. The molecule has 1 fully saturated rings. The normalized spacial score (nSPS) is 16.4. The van der Waals surface area contributed by atoms with Crippen LogP contribution in [0.3, 0.4) is 0 Å². The van der Waals surface area contributed by atoms with Crippen LogP contribution in [0.25, 0.3) is 11.3 Å². The number of carbonyl (C=O) groups excluding carboxylic acids is 1. The molecule has 2 aromatic heterocycles. The number of hydrogen-bond acceptors (Lipinski definition) is 6. The van der Waals surface area contributed by atoms with Gasteiger partial charge >= 0.3 is 0 Å². The molecular formula is C16H22Cl2N4O2S. The van der Waals surface area contributed by atoms with E-state index in [0.717, 1.165) is 35.8 Å². The number of ether oxygens (including phenoxy) is 1. The number of nitrogens with one attached hydrogen (secondary N) is 2. The fraction of sp³-hybridized carbons (Fsp3) is 0.438. The van der Waals surface area contributed by atoms with Crippen LogP contribution < -0.4 is 10.6 Å². The first kappa shape index (κ1) is 21.8. The summed E-state index contributed by atoms with van der Waals surface area (Å²) in [4.78, 5) is 20.5. The number of nitrogens with zero attached hydrogens (tertiary/aromatic N) is 2. The molecule has 2 N–H and O–H groups in total. The van der Waals surface area contributed by atoms with E-state index in [9.17, 15) is 4.79 Å². The summed E-state index contributed by atoms with van der Waals surface area (Å²) in [7, 11) is 0. The summed E-state index contributed by atoms with van der Waals surface area (Å²) in [6.07, 6.45) is 4.73. The first-order chi connectivity index (χ1) is 11.3. The number of aromatic nitrogens is 2. The zero-order valence-corrected chi connectivity index (χ0v) is 16.1. The first-order valence-corrected chi connectivity index (χ1v) is 8.62. The Balaban J connectivity index is 0.00000156. The second-order valence-corrected chi connectivity index (χ2v) is 6.34. The predicted molar refractivity (Wildman–Crippen MR) is 104 cm³/mol. The Labute approximate surface area is 163 Å². The Morgan fingerprint density at radius 2 is 2.16 bits per heavy atom. The SMILES string of the molecule is Cl.Cl.O=C(CC1COCCN1)NCCc1nc(-c2ccncc2)cs1. The van der Waals surface area contributed by atoms with Crippen molar-refractivity contribution in [3.63, 3.8) is 0 Å². The Hall–Kier alpha value is -1.25. The van der Waals surface area contributed by atoms with Crippen molar-refractivity contribution >= 4 is 42.1 Å². The number of rotatable bonds is 6. The lowest BCUT2D eigenvalue weighted by Crippen LogP contribution is -2.44. The van der Waals surface area contributed by atoms with Crippen LogP contribution in [0.1, 0.15) is 11.4 Å². The van der Waals surface area contributed by atoms with Crippen LogP contribution >= 0.6 is 36.2 Å². The molecule has 3 rings (SSSR count). The van der Waals surface area contributed by atoms with E-state index in [-0.39, 0.29) is 36.8 Å². The average Bonchev–Trinajstić information content (AvgIpc) is 3.05. The van der Waals surface area contributed by atoms with Gasteiger partial charge in [0.05, 0.1) is 23.9 Å². The minimum Gasteiger partial charge on any atom is -0.378 e. The van der Waals surface area contributed by atoms with Crippen molar-refractivity contribution in [3.05, 3.63) is 34.9 Å². The highest BCUT2D eigenvalue weighted by Gasteiger charge is 2.16. The number of halogens is 2. The minimum atomic E-state index is 0. The number of thiazole rings is 1. The topological polar surface area (TPSA) is 76.1 Å². The van der Waals surface area contributed by atoms with Gasteiger partial charge < -0.3 is 15.4 Å². The van der Waals surface area contributed by atoms with E-state index in [2.05, 4.69) is 20.6 Å². The van der Waals surface area contributed by atoms with Gasteiger partial charge in [-0.3, -0.25) is 9.78 Å². The van der Waals surface area contributed by atoms with Crippen molar-refractivity contribution in [2.24, 2.45) is 0 Å². The second-order valence-electron chi connectivity index (χ2n) is 5.39. The summed E-state index contributed by atoms with van der Waals surface area (Å²) >= 11 is 1.62. The molecule has 25 heavy (non-hydrogen) atoms. The molecule has 1 aliphatic rings. The molecule has 0 aromatic carbocycles. The maximum Gasteiger partial charge on any atom is 0.221 e. The highest BCUT2D eigenvalue weighted by atomic mass is 35.5. The number of carbonyl (C=O) groups is 1. The molecule has 1 unspecified atom stereocenters. The highest BCUT2D eigenvalue weighted by Crippen LogP contribution is 2.21. The lowest BCUT2D eigenvalue weighted by Gasteiger charge is -2.23. The van der Waals surface area contributed by atoms with Crippen LogP contribution in [0.4, 0.5) is 0 Å². The number of amides is 1. The van der Waals surface area contributed by atoms with Crippen molar-refractivity contribution in [3.8, 4) is 11.3 Å². The van der Waals surface area contributed by atoms with Gasteiger partial charge in [0.1, 0.15) is 0 Å². The number of pyridine rings is 1. The molecule has 3 heterocycles. The maximum atomic E-state index is 11.9. The molecule has 0 bridgehead atoms. The Morgan fingerprint density at radius 1 is 1.36 bits per heavy atom. The minimum absolute atomic E-state index is 0. The van der Waals surface area contributed by atoms with Crippen molar-refractivity contribution in [2.45, 2.75) is 18.9 Å². The molecule has 1 saturated heterocycles. The Kier molecular flexibility index (Phi) is 9.92. The van der Waals surface area contributed by atoms with E-state index in [4.69, 9.17) is 4.74 Å². The van der Waals surface area contributed by atoms with Gasteiger partial charge in [0, 0.05) is 55.3 Å². The average molecular weight is 405 g/mol. The van der Waals surface area contributed by atoms with E-state index >= 15 is 0 Å². The predicted octanol–water partition coefficient (Wildman–Crippen LogP) is 2.09. The van der Waals surface area contributed by atoms with Crippen molar-refractivity contribution < 1.29 is 9.53 Å². The molecule has 1 amide bonds. The lowest BCUT2D eigenvalue weighted by atomic mass is 10.2. The molecule has 1 atom stereocenters. The fourth-order valence-corrected chi connectivity index (χ4v) is 3.24. The third-order valence-corrected chi connectivity index (χ3v) is 4.53. The molecule has 0 radical (unpaired) electrons. The zero-order chi connectivity index (χ0) is 15.9. The van der Waals surface area contributed by atoms with Crippen molar-refractivity contribution in [1.29, 1.82) is 0 Å². The van der Waals surface area contributed by atoms with Crippen molar-refractivity contribution in [1.82, 2.24) is 20.6 Å². The molecule has 0 saturated carbocycles. The molecular weight excluding hydrogens is 383 g/mol. The van der Waals surface area contributed by atoms with E-state index in [1.165, 1.54) is 0 Å². The third-order valence-electron chi connectivity index (χ3n) is 3.62.